The molecule has 7 nitrogen and oxygen atoms in total. The second-order valence-electron chi connectivity index (χ2n) is 5.91. The van der Waals surface area contributed by atoms with E-state index in [2.05, 4.69) is 32.0 Å². The highest BCUT2D eigenvalue weighted by molar-refractivity contribution is 9.10. The molecular formula is C21H18BrN3O4. The molecule has 1 aromatic heterocycles. The van der Waals surface area contributed by atoms with Crippen molar-refractivity contribution < 1.29 is 19.0 Å². The molecule has 0 aliphatic rings. The SMILES string of the molecule is CCOC(=O)COc1ccc(Br)cc1/C=C(/C#N)c1nc2ccc(OC)cc2[nH]1. The van der Waals surface area contributed by atoms with Gasteiger partial charge >= 0.3 is 5.97 Å². The van der Waals surface area contributed by atoms with Crippen molar-refractivity contribution in [2.45, 2.75) is 6.92 Å². The number of carbonyl (C=O) groups excluding carboxylic acids is 1. The van der Waals surface area contributed by atoms with E-state index in [1.807, 2.05) is 12.1 Å². The van der Waals surface area contributed by atoms with Gasteiger partial charge in [0.05, 0.1) is 30.3 Å². The highest BCUT2D eigenvalue weighted by Gasteiger charge is 2.12. The van der Waals surface area contributed by atoms with Crippen molar-refractivity contribution in [1.82, 2.24) is 9.97 Å². The Balaban J connectivity index is 1.95. The van der Waals surface area contributed by atoms with Gasteiger partial charge in [-0.1, -0.05) is 15.9 Å². The summed E-state index contributed by atoms with van der Waals surface area (Å²) in [7, 11) is 1.59. The van der Waals surface area contributed by atoms with E-state index in [1.165, 1.54) is 0 Å². The predicted octanol–water partition coefficient (Wildman–Crippen LogP) is 4.34. The maximum absolute atomic E-state index is 11.6. The minimum Gasteiger partial charge on any atom is -0.497 e. The number of benzene rings is 2. The molecule has 1 heterocycles. The monoisotopic (exact) mass is 455 g/mol. The maximum atomic E-state index is 11.6. The van der Waals surface area contributed by atoms with E-state index in [-0.39, 0.29) is 13.2 Å². The van der Waals surface area contributed by atoms with Crippen LogP contribution >= 0.6 is 15.9 Å². The Bertz CT molecular complexity index is 1110. The molecule has 0 amide bonds. The molecule has 0 saturated carbocycles. The number of hydrogen-bond donors (Lipinski definition) is 1. The number of H-pyrrole nitrogens is 1. The molecule has 0 aliphatic heterocycles. The molecule has 1 N–H and O–H groups in total. The zero-order valence-corrected chi connectivity index (χ0v) is 17.4. The number of aromatic nitrogens is 2. The first-order valence-corrected chi connectivity index (χ1v) is 9.57. The molecule has 0 aliphatic carbocycles. The van der Waals surface area contributed by atoms with E-state index in [1.54, 1.807) is 44.4 Å². The summed E-state index contributed by atoms with van der Waals surface area (Å²) in [6, 6.07) is 12.9. The first-order valence-electron chi connectivity index (χ1n) is 8.78. The van der Waals surface area contributed by atoms with Gasteiger partial charge in [-0.25, -0.2) is 9.78 Å². The van der Waals surface area contributed by atoms with Crippen molar-refractivity contribution in [2.24, 2.45) is 0 Å². The Morgan fingerprint density at radius 1 is 1.31 bits per heavy atom. The lowest BCUT2D eigenvalue weighted by Gasteiger charge is -2.09. The van der Waals surface area contributed by atoms with Crippen LogP contribution in [-0.2, 0) is 9.53 Å². The molecule has 0 saturated heterocycles. The van der Waals surface area contributed by atoms with Gasteiger partial charge in [-0.05, 0) is 43.3 Å². The molecule has 8 heteroatoms. The normalized spacial score (nSPS) is 11.2. The second-order valence-corrected chi connectivity index (χ2v) is 6.83. The number of ether oxygens (including phenoxy) is 3. The second kappa shape index (κ2) is 9.26. The Kier molecular flexibility index (Phi) is 6.52. The number of esters is 1. The zero-order chi connectivity index (χ0) is 20.8. The van der Waals surface area contributed by atoms with Crippen LogP contribution in [0.3, 0.4) is 0 Å². The molecule has 0 bridgehead atoms. The molecule has 0 unspecified atom stereocenters. The highest BCUT2D eigenvalue weighted by Crippen LogP contribution is 2.28. The van der Waals surface area contributed by atoms with Gasteiger partial charge in [0.25, 0.3) is 0 Å². The highest BCUT2D eigenvalue weighted by atomic mass is 79.9. The largest absolute Gasteiger partial charge is 0.497 e. The van der Waals surface area contributed by atoms with Gasteiger partial charge in [0.1, 0.15) is 23.4 Å². The van der Waals surface area contributed by atoms with Crippen LogP contribution in [0.4, 0.5) is 0 Å². The number of aromatic amines is 1. The average Bonchev–Trinajstić information content (AvgIpc) is 3.14. The molecule has 29 heavy (non-hydrogen) atoms. The number of methoxy groups -OCH3 is 1. The van der Waals surface area contributed by atoms with Crippen LogP contribution in [0.2, 0.25) is 0 Å². The van der Waals surface area contributed by atoms with Gasteiger partial charge in [0.2, 0.25) is 0 Å². The van der Waals surface area contributed by atoms with E-state index in [0.29, 0.717) is 28.5 Å². The van der Waals surface area contributed by atoms with Crippen molar-refractivity contribution in [1.29, 1.82) is 5.26 Å². The smallest absolute Gasteiger partial charge is 0.344 e. The van der Waals surface area contributed by atoms with Crippen molar-refractivity contribution >= 4 is 44.6 Å². The summed E-state index contributed by atoms with van der Waals surface area (Å²) in [6.45, 7) is 1.79. The number of fused-ring (bicyclic) bond motifs is 1. The Morgan fingerprint density at radius 3 is 2.86 bits per heavy atom. The van der Waals surface area contributed by atoms with E-state index in [0.717, 1.165) is 15.5 Å². The topological polar surface area (TPSA) is 97.2 Å². The number of nitrogens with one attached hydrogen (secondary N) is 1. The van der Waals surface area contributed by atoms with Crippen molar-refractivity contribution in [3.05, 3.63) is 52.3 Å². The first-order chi connectivity index (χ1) is 14.0. The number of halogens is 1. The van der Waals surface area contributed by atoms with Gasteiger partial charge in [-0.2, -0.15) is 5.26 Å². The summed E-state index contributed by atoms with van der Waals surface area (Å²) in [5.41, 5.74) is 2.42. The fraction of sp³-hybridized carbons (Fsp3) is 0.190. The molecule has 3 rings (SSSR count). The summed E-state index contributed by atoms with van der Waals surface area (Å²) < 4.78 is 16.5. The lowest BCUT2D eigenvalue weighted by molar-refractivity contribution is -0.145. The van der Waals surface area contributed by atoms with Crippen molar-refractivity contribution in [3.8, 4) is 17.6 Å². The number of carbonyl (C=O) groups is 1. The lowest BCUT2D eigenvalue weighted by atomic mass is 10.1. The summed E-state index contributed by atoms with van der Waals surface area (Å²) in [5.74, 6) is 1.10. The summed E-state index contributed by atoms with van der Waals surface area (Å²) in [4.78, 5) is 19.2. The van der Waals surface area contributed by atoms with E-state index in [9.17, 15) is 10.1 Å². The summed E-state index contributed by atoms with van der Waals surface area (Å²) in [6.07, 6.45) is 1.65. The van der Waals surface area contributed by atoms with Gasteiger partial charge in [-0.3, -0.25) is 0 Å². The molecule has 0 radical (unpaired) electrons. The van der Waals surface area contributed by atoms with E-state index < -0.39 is 5.97 Å². The number of rotatable bonds is 7. The van der Waals surface area contributed by atoms with Gasteiger partial charge < -0.3 is 19.2 Å². The minimum absolute atomic E-state index is 0.220. The van der Waals surface area contributed by atoms with Gasteiger partial charge in [0, 0.05) is 16.1 Å². The van der Waals surface area contributed by atoms with Crippen LogP contribution in [0.1, 0.15) is 18.3 Å². The van der Waals surface area contributed by atoms with Crippen LogP contribution in [-0.4, -0.2) is 36.3 Å². The minimum atomic E-state index is -0.461. The first kappa shape index (κ1) is 20.4. The predicted molar refractivity (Wildman–Crippen MR) is 112 cm³/mol. The van der Waals surface area contributed by atoms with Crippen LogP contribution in [0, 0.1) is 11.3 Å². The third-order valence-corrected chi connectivity index (χ3v) is 4.48. The fourth-order valence-electron chi connectivity index (χ4n) is 2.66. The Labute approximate surface area is 176 Å². The molecular weight excluding hydrogens is 438 g/mol. The lowest BCUT2D eigenvalue weighted by Crippen LogP contribution is -2.14. The fourth-order valence-corrected chi connectivity index (χ4v) is 3.03. The third kappa shape index (κ3) is 4.95. The number of allylic oxidation sites excluding steroid dienone is 1. The summed E-state index contributed by atoms with van der Waals surface area (Å²) >= 11 is 3.42. The third-order valence-electron chi connectivity index (χ3n) is 3.99. The van der Waals surface area contributed by atoms with Crippen molar-refractivity contribution in [3.63, 3.8) is 0 Å². The molecule has 0 atom stereocenters. The van der Waals surface area contributed by atoms with Crippen LogP contribution in [0.15, 0.2) is 40.9 Å². The van der Waals surface area contributed by atoms with E-state index in [4.69, 9.17) is 14.2 Å². The van der Waals surface area contributed by atoms with E-state index >= 15 is 0 Å². The maximum Gasteiger partial charge on any atom is 0.344 e. The van der Waals surface area contributed by atoms with Crippen LogP contribution < -0.4 is 9.47 Å². The van der Waals surface area contributed by atoms with Crippen LogP contribution in [0.5, 0.6) is 11.5 Å². The van der Waals surface area contributed by atoms with Gasteiger partial charge in [-0.15, -0.1) is 0 Å². The Morgan fingerprint density at radius 2 is 2.14 bits per heavy atom. The van der Waals surface area contributed by atoms with Crippen molar-refractivity contribution in [2.75, 3.05) is 20.3 Å². The standard InChI is InChI=1S/C21H18BrN3O4/c1-3-28-20(26)12-29-19-7-4-15(22)9-13(19)8-14(11-23)21-24-17-6-5-16(27-2)10-18(17)25-21/h4-10H,3,12H2,1-2H3,(H,24,25)/b14-8-. The number of hydrogen-bond acceptors (Lipinski definition) is 6. The zero-order valence-electron chi connectivity index (χ0n) is 15.9. The quantitative estimate of drug-likeness (QED) is 0.420. The molecule has 0 fully saturated rings. The molecule has 148 valence electrons. The Hall–Kier alpha value is -3.31. The molecule has 0 spiro atoms. The molecule has 3 aromatic rings. The summed E-state index contributed by atoms with van der Waals surface area (Å²) in [5, 5.41) is 9.69. The number of imidazole rings is 1. The average molecular weight is 456 g/mol. The number of nitrogens with zero attached hydrogens (tertiary/aromatic N) is 2. The molecule has 2 aromatic carbocycles. The van der Waals surface area contributed by atoms with Crippen LogP contribution in [0.25, 0.3) is 22.7 Å². The number of nitriles is 1. The van der Waals surface area contributed by atoms with Gasteiger partial charge in [0.15, 0.2) is 6.61 Å².